The summed E-state index contributed by atoms with van der Waals surface area (Å²) in [6.07, 6.45) is 0. The van der Waals surface area contributed by atoms with E-state index in [2.05, 4.69) is 20.5 Å². The van der Waals surface area contributed by atoms with Crippen molar-refractivity contribution in [2.75, 3.05) is 16.8 Å². The van der Waals surface area contributed by atoms with Crippen LogP contribution in [0.2, 0.25) is 5.02 Å². The van der Waals surface area contributed by atoms with E-state index in [1.165, 1.54) is 0 Å². The van der Waals surface area contributed by atoms with Gasteiger partial charge in [0.05, 0.1) is 5.75 Å². The molecular formula is C17H14ClN5O2S. The van der Waals surface area contributed by atoms with Gasteiger partial charge in [0.2, 0.25) is 5.91 Å². The second-order valence-corrected chi connectivity index (χ2v) is 6.64. The summed E-state index contributed by atoms with van der Waals surface area (Å²) in [7, 11) is 0. The number of H-pyrrole nitrogens is 1. The molecule has 2 aromatic carbocycles. The van der Waals surface area contributed by atoms with Gasteiger partial charge in [-0.25, -0.2) is 0 Å². The molecule has 0 atom stereocenters. The Bertz CT molecular complexity index is 1010. The number of nitrogens with two attached hydrogens (primary N) is 1. The number of nitrogens with one attached hydrogen (secondary N) is 2. The van der Waals surface area contributed by atoms with Gasteiger partial charge >= 0.3 is 0 Å². The summed E-state index contributed by atoms with van der Waals surface area (Å²) >= 11 is 6.94. The molecule has 7 nitrogen and oxygen atoms in total. The number of aromatic amines is 1. The van der Waals surface area contributed by atoms with E-state index in [-0.39, 0.29) is 22.5 Å². The molecule has 0 radical (unpaired) electrons. The average molecular weight is 388 g/mol. The van der Waals surface area contributed by atoms with Crippen LogP contribution < -0.4 is 16.6 Å². The Morgan fingerprint density at radius 2 is 2.00 bits per heavy atom. The van der Waals surface area contributed by atoms with E-state index < -0.39 is 5.56 Å². The molecule has 0 aliphatic rings. The first-order valence-electron chi connectivity index (χ1n) is 7.53. The second-order valence-electron chi connectivity index (χ2n) is 5.24. The zero-order valence-corrected chi connectivity index (χ0v) is 15.0. The molecule has 9 heteroatoms. The van der Waals surface area contributed by atoms with Crippen LogP contribution in [-0.4, -0.2) is 26.8 Å². The summed E-state index contributed by atoms with van der Waals surface area (Å²) in [6.45, 7) is 0. The van der Waals surface area contributed by atoms with Crippen LogP contribution in [0, 0.1) is 0 Å². The minimum absolute atomic E-state index is 0.0595. The van der Waals surface area contributed by atoms with Crippen LogP contribution in [0.5, 0.6) is 0 Å². The highest BCUT2D eigenvalue weighted by atomic mass is 35.5. The summed E-state index contributed by atoms with van der Waals surface area (Å²) in [5, 5.41) is 11.4. The molecule has 0 spiro atoms. The van der Waals surface area contributed by atoms with E-state index in [0.717, 1.165) is 11.8 Å². The lowest BCUT2D eigenvalue weighted by atomic mass is 10.1. The number of benzene rings is 2. The minimum atomic E-state index is -0.421. The smallest absolute Gasteiger partial charge is 0.278 e. The van der Waals surface area contributed by atoms with Crippen LogP contribution in [0.4, 0.5) is 11.4 Å². The van der Waals surface area contributed by atoms with E-state index in [1.807, 2.05) is 0 Å². The molecule has 0 bridgehead atoms. The van der Waals surface area contributed by atoms with Crippen LogP contribution in [0.1, 0.15) is 0 Å². The summed E-state index contributed by atoms with van der Waals surface area (Å²) in [4.78, 5) is 26.8. The van der Waals surface area contributed by atoms with Crippen molar-refractivity contribution in [3.05, 3.63) is 63.9 Å². The molecule has 26 heavy (non-hydrogen) atoms. The van der Waals surface area contributed by atoms with Crippen molar-refractivity contribution in [2.45, 2.75) is 5.16 Å². The molecule has 0 saturated heterocycles. The number of nitrogens with zero attached hydrogens (tertiary/aromatic N) is 2. The zero-order valence-electron chi connectivity index (χ0n) is 13.4. The third kappa shape index (κ3) is 4.41. The number of carbonyl (C=O) groups is 1. The fraction of sp³-hybridized carbons (Fsp3) is 0.0588. The Balaban J connectivity index is 1.66. The number of hydrogen-bond acceptors (Lipinski definition) is 6. The van der Waals surface area contributed by atoms with Gasteiger partial charge in [-0.1, -0.05) is 47.6 Å². The lowest BCUT2D eigenvalue weighted by Crippen LogP contribution is -2.17. The lowest BCUT2D eigenvalue weighted by molar-refractivity contribution is -0.113. The van der Waals surface area contributed by atoms with Gasteiger partial charge in [0, 0.05) is 22.0 Å². The SMILES string of the molecule is Nc1ccccc1-c1nnc(SCC(=O)Nc2cccc(Cl)c2)[nH]c1=O. The van der Waals surface area contributed by atoms with Crippen molar-refractivity contribution in [1.82, 2.24) is 15.2 Å². The van der Waals surface area contributed by atoms with Gasteiger partial charge in [0.1, 0.15) is 0 Å². The third-order valence-corrected chi connectivity index (χ3v) is 4.44. The Morgan fingerprint density at radius 3 is 2.73 bits per heavy atom. The normalized spacial score (nSPS) is 10.5. The van der Waals surface area contributed by atoms with E-state index in [9.17, 15) is 9.59 Å². The number of carbonyl (C=O) groups excluding carboxylic acids is 1. The highest BCUT2D eigenvalue weighted by molar-refractivity contribution is 7.99. The van der Waals surface area contributed by atoms with Gasteiger partial charge in [-0.15, -0.1) is 10.2 Å². The van der Waals surface area contributed by atoms with E-state index >= 15 is 0 Å². The molecule has 1 aromatic heterocycles. The number of amides is 1. The number of rotatable bonds is 5. The quantitative estimate of drug-likeness (QED) is 0.458. The van der Waals surface area contributed by atoms with E-state index in [0.29, 0.717) is 22.0 Å². The topological polar surface area (TPSA) is 114 Å². The molecule has 0 aliphatic carbocycles. The van der Waals surface area contributed by atoms with Crippen molar-refractivity contribution >= 4 is 40.6 Å². The molecule has 132 valence electrons. The standard InChI is InChI=1S/C17H14ClN5O2S/c18-10-4-3-5-11(8-10)20-14(24)9-26-17-21-16(25)15(22-23-17)12-6-1-2-7-13(12)19/h1-8H,9,19H2,(H,20,24)(H,21,23,25). The fourth-order valence-electron chi connectivity index (χ4n) is 2.17. The van der Waals surface area contributed by atoms with Gasteiger partial charge in [-0.2, -0.15) is 0 Å². The molecule has 0 aliphatic heterocycles. The number of anilines is 2. The first kappa shape index (κ1) is 18.0. The Kier molecular flexibility index (Phi) is 5.55. The van der Waals surface area contributed by atoms with Crippen molar-refractivity contribution < 1.29 is 4.79 Å². The van der Waals surface area contributed by atoms with E-state index in [4.69, 9.17) is 17.3 Å². The second kappa shape index (κ2) is 8.03. The molecule has 1 heterocycles. The first-order chi connectivity index (χ1) is 12.5. The summed E-state index contributed by atoms with van der Waals surface area (Å²) < 4.78 is 0. The van der Waals surface area contributed by atoms with Crippen molar-refractivity contribution in [2.24, 2.45) is 0 Å². The fourth-order valence-corrected chi connectivity index (χ4v) is 2.97. The van der Waals surface area contributed by atoms with Gasteiger partial charge in [-0.3, -0.25) is 14.6 Å². The number of hydrogen-bond donors (Lipinski definition) is 3. The highest BCUT2D eigenvalue weighted by Crippen LogP contribution is 2.21. The molecule has 3 rings (SSSR count). The van der Waals surface area contributed by atoms with Crippen LogP contribution in [0.3, 0.4) is 0 Å². The van der Waals surface area contributed by atoms with Gasteiger partial charge < -0.3 is 11.1 Å². The monoisotopic (exact) mass is 387 g/mol. The van der Waals surface area contributed by atoms with Gasteiger partial charge in [0.15, 0.2) is 10.9 Å². The largest absolute Gasteiger partial charge is 0.398 e. The zero-order chi connectivity index (χ0) is 18.5. The van der Waals surface area contributed by atoms with Gasteiger partial charge in [0.25, 0.3) is 5.56 Å². The predicted molar refractivity (Wildman–Crippen MR) is 103 cm³/mol. The molecule has 3 aromatic rings. The van der Waals surface area contributed by atoms with Crippen LogP contribution in [0.25, 0.3) is 11.3 Å². The third-order valence-electron chi connectivity index (χ3n) is 3.34. The summed E-state index contributed by atoms with van der Waals surface area (Å²) in [5.41, 5.74) is 7.11. The van der Waals surface area contributed by atoms with Crippen LogP contribution in [0.15, 0.2) is 58.5 Å². The molecule has 0 fully saturated rings. The number of thioether (sulfide) groups is 1. The Morgan fingerprint density at radius 1 is 1.19 bits per heavy atom. The lowest BCUT2D eigenvalue weighted by Gasteiger charge is -2.06. The molecule has 1 amide bonds. The van der Waals surface area contributed by atoms with Crippen molar-refractivity contribution in [3.8, 4) is 11.3 Å². The summed E-state index contributed by atoms with van der Waals surface area (Å²) in [5.74, 6) is -0.194. The minimum Gasteiger partial charge on any atom is -0.398 e. The highest BCUT2D eigenvalue weighted by Gasteiger charge is 2.11. The molecule has 0 unspecified atom stereocenters. The van der Waals surface area contributed by atoms with Crippen LogP contribution >= 0.6 is 23.4 Å². The number of para-hydroxylation sites is 1. The van der Waals surface area contributed by atoms with Crippen LogP contribution in [-0.2, 0) is 4.79 Å². The molecule has 0 saturated carbocycles. The van der Waals surface area contributed by atoms with Crippen molar-refractivity contribution in [3.63, 3.8) is 0 Å². The Labute approximate surface area is 158 Å². The number of aromatic nitrogens is 3. The number of halogens is 1. The number of nitrogen functional groups attached to an aromatic ring is 1. The van der Waals surface area contributed by atoms with E-state index in [1.54, 1.807) is 48.5 Å². The summed E-state index contributed by atoms with van der Waals surface area (Å²) in [6, 6.07) is 13.7. The predicted octanol–water partition coefficient (Wildman–Crippen LogP) is 2.80. The maximum Gasteiger partial charge on any atom is 0.278 e. The average Bonchev–Trinajstić information content (AvgIpc) is 2.61. The Hall–Kier alpha value is -2.84. The molecule has 4 N–H and O–H groups in total. The first-order valence-corrected chi connectivity index (χ1v) is 8.89. The van der Waals surface area contributed by atoms with Gasteiger partial charge in [-0.05, 0) is 24.3 Å². The maximum atomic E-state index is 12.2. The maximum absolute atomic E-state index is 12.2. The molecular weight excluding hydrogens is 374 g/mol. The van der Waals surface area contributed by atoms with Crippen molar-refractivity contribution in [1.29, 1.82) is 0 Å².